The Kier molecular flexibility index (Phi) is 8.17. The Morgan fingerprint density at radius 1 is 0.929 bits per heavy atom. The molecule has 4 fully saturated rings. The lowest BCUT2D eigenvalue weighted by Gasteiger charge is -2.41. The highest BCUT2D eigenvalue weighted by atomic mass is 79.9. The summed E-state index contributed by atoms with van der Waals surface area (Å²) < 4.78 is 39.5. The summed E-state index contributed by atoms with van der Waals surface area (Å²) in [5.41, 5.74) is 10.9. The van der Waals surface area contributed by atoms with Crippen LogP contribution in [0.3, 0.4) is 0 Å². The highest BCUT2D eigenvalue weighted by Gasteiger charge is 2.64. The quantitative estimate of drug-likeness (QED) is 0.193. The number of halogens is 1. The van der Waals surface area contributed by atoms with Crippen molar-refractivity contribution in [3.63, 3.8) is 0 Å². The highest BCUT2D eigenvalue weighted by molar-refractivity contribution is 9.10. The number of fused-ring (bicyclic) bond motifs is 4. The first-order chi connectivity index (χ1) is 27.1. The van der Waals surface area contributed by atoms with Gasteiger partial charge in [-0.3, -0.25) is 14.6 Å². The predicted octanol–water partition coefficient (Wildman–Crippen LogP) is 5.69. The van der Waals surface area contributed by atoms with E-state index in [4.69, 9.17) is 20.4 Å². The van der Waals surface area contributed by atoms with Crippen LogP contribution in [-0.4, -0.2) is 91.8 Å². The number of amides is 2. The van der Waals surface area contributed by atoms with Gasteiger partial charge in [-0.15, -0.1) is 0 Å². The molecule has 56 heavy (non-hydrogen) atoms. The molecule has 286 valence electrons. The number of ether oxygens (including phenoxy) is 1. The van der Waals surface area contributed by atoms with Crippen molar-refractivity contribution in [2.45, 2.75) is 54.1 Å². The fourth-order valence-corrected chi connectivity index (χ4v) is 11.6. The van der Waals surface area contributed by atoms with Crippen molar-refractivity contribution in [3.8, 4) is 17.3 Å². The molecule has 2 aliphatic heterocycles. The zero-order chi connectivity index (χ0) is 38.5. The van der Waals surface area contributed by atoms with Gasteiger partial charge < -0.3 is 29.4 Å². The molecule has 2 unspecified atom stereocenters. The van der Waals surface area contributed by atoms with Crippen molar-refractivity contribution >= 4 is 59.6 Å². The third-order valence-corrected chi connectivity index (χ3v) is 15.2. The van der Waals surface area contributed by atoms with E-state index in [-0.39, 0.29) is 29.3 Å². The minimum atomic E-state index is -3.99. The third kappa shape index (κ3) is 5.34. The molecule has 6 aromatic rings. The van der Waals surface area contributed by atoms with E-state index in [9.17, 15) is 18.0 Å². The minimum Gasteiger partial charge on any atom is -0.494 e. The van der Waals surface area contributed by atoms with Crippen LogP contribution in [-0.2, 0) is 16.4 Å². The number of methoxy groups -OCH3 is 1. The van der Waals surface area contributed by atoms with Crippen LogP contribution in [0.4, 0.5) is 0 Å². The number of imidazole rings is 1. The van der Waals surface area contributed by atoms with E-state index < -0.39 is 26.7 Å². The Hall–Kier alpha value is -5.12. The largest absolute Gasteiger partial charge is 0.494 e. The van der Waals surface area contributed by atoms with Gasteiger partial charge >= 0.3 is 0 Å². The molecule has 2 N–H and O–H groups in total. The molecule has 2 bridgehead atoms. The number of pyridine rings is 2. The fraction of sp³-hybridized carbons (Fsp3) is 0.341. The highest BCUT2D eigenvalue weighted by Crippen LogP contribution is 2.50. The second-order valence-corrected chi connectivity index (χ2v) is 18.6. The molecule has 15 heteroatoms. The summed E-state index contributed by atoms with van der Waals surface area (Å²) >= 11 is 3.39. The van der Waals surface area contributed by atoms with E-state index in [2.05, 4.69) is 42.2 Å². The van der Waals surface area contributed by atoms with E-state index >= 15 is 0 Å². The summed E-state index contributed by atoms with van der Waals surface area (Å²) in [5.74, 6) is 0.901. The lowest BCUT2D eigenvalue weighted by Crippen LogP contribution is -2.57. The number of sulfone groups is 1. The average Bonchev–Trinajstić information content (AvgIpc) is 3.58. The van der Waals surface area contributed by atoms with Crippen molar-refractivity contribution in [2.75, 3.05) is 26.7 Å². The van der Waals surface area contributed by atoms with Crippen molar-refractivity contribution in [1.82, 2.24) is 33.9 Å². The molecule has 2 aromatic carbocycles. The Balaban J connectivity index is 1.06. The third-order valence-electron chi connectivity index (χ3n) is 12.3. The van der Waals surface area contributed by atoms with Crippen molar-refractivity contribution in [2.24, 2.45) is 17.6 Å². The number of nitrogens with zero attached hydrogens (tertiary/aromatic N) is 7. The van der Waals surface area contributed by atoms with Crippen LogP contribution in [0.2, 0.25) is 0 Å². The number of likely N-dealkylation sites (tertiary alicyclic amines) is 2. The number of aromatic nitrogens is 5. The second kappa shape index (κ2) is 13.0. The maximum absolute atomic E-state index is 14.6. The average molecular weight is 836 g/mol. The molecule has 0 radical (unpaired) electrons. The molecule has 6 heterocycles. The molecule has 4 aromatic heterocycles. The van der Waals surface area contributed by atoms with E-state index in [1.807, 2.05) is 11.0 Å². The van der Waals surface area contributed by atoms with Crippen LogP contribution in [0.5, 0.6) is 5.75 Å². The molecular weight excluding hydrogens is 796 g/mol. The summed E-state index contributed by atoms with van der Waals surface area (Å²) in [6.07, 6.45) is 8.44. The lowest BCUT2D eigenvalue weighted by atomic mass is 10.0. The van der Waals surface area contributed by atoms with Gasteiger partial charge in [0, 0.05) is 71.7 Å². The van der Waals surface area contributed by atoms with E-state index in [0.29, 0.717) is 65.6 Å². The number of piperidine rings is 1. The van der Waals surface area contributed by atoms with Gasteiger partial charge in [0.1, 0.15) is 21.8 Å². The molecule has 13 nitrogen and oxygen atoms in total. The smallest absolute Gasteiger partial charge is 0.254 e. The maximum Gasteiger partial charge on any atom is 0.254 e. The monoisotopic (exact) mass is 834 g/mol. The van der Waals surface area contributed by atoms with Gasteiger partial charge in [-0.1, -0.05) is 15.9 Å². The van der Waals surface area contributed by atoms with Crippen LogP contribution in [0.15, 0.2) is 94.7 Å². The molecule has 2 saturated carbocycles. The lowest BCUT2D eigenvalue weighted by molar-refractivity contribution is 0.0527. The Morgan fingerprint density at radius 2 is 1.70 bits per heavy atom. The zero-order valence-electron chi connectivity index (χ0n) is 30.6. The Morgan fingerprint density at radius 3 is 2.43 bits per heavy atom. The van der Waals surface area contributed by atoms with Crippen LogP contribution >= 0.6 is 15.9 Å². The molecule has 3 atom stereocenters. The number of nitrogens with two attached hydrogens (primary N) is 1. The normalized spacial score (nSPS) is 22.3. The van der Waals surface area contributed by atoms with Crippen LogP contribution in [0.1, 0.15) is 52.4 Å². The van der Waals surface area contributed by atoms with Gasteiger partial charge in [-0.25, -0.2) is 18.4 Å². The van der Waals surface area contributed by atoms with Crippen LogP contribution in [0.25, 0.3) is 33.6 Å². The van der Waals surface area contributed by atoms with Gasteiger partial charge in [0.15, 0.2) is 15.7 Å². The zero-order valence-corrected chi connectivity index (χ0v) is 33.0. The Labute approximate surface area is 331 Å². The number of rotatable bonds is 9. The predicted molar refractivity (Wildman–Crippen MR) is 213 cm³/mol. The Bertz CT molecular complexity index is 2670. The molecular formula is C41H39BrN8O5S. The van der Waals surface area contributed by atoms with Gasteiger partial charge in [-0.05, 0) is 98.3 Å². The van der Waals surface area contributed by atoms with E-state index in [0.717, 1.165) is 40.6 Å². The minimum absolute atomic E-state index is 0.0699. The molecule has 0 spiro atoms. The topological polar surface area (TPSA) is 159 Å². The first kappa shape index (κ1) is 35.3. The first-order valence-electron chi connectivity index (χ1n) is 18.9. The summed E-state index contributed by atoms with van der Waals surface area (Å²) in [7, 11) is -2.42. The number of hydrogen-bond acceptors (Lipinski definition) is 9. The summed E-state index contributed by atoms with van der Waals surface area (Å²) in [6.45, 7) is 1.94. The molecule has 2 saturated heterocycles. The first-order valence-corrected chi connectivity index (χ1v) is 21.2. The number of benzene rings is 2. The summed E-state index contributed by atoms with van der Waals surface area (Å²) in [5, 5.41) is 1.00. The van der Waals surface area contributed by atoms with E-state index in [1.54, 1.807) is 79.1 Å². The molecule has 10 rings (SSSR count). The summed E-state index contributed by atoms with van der Waals surface area (Å²) in [6, 6.07) is 18.7. The molecule has 2 aliphatic carbocycles. The number of carbonyl (C=O) groups is 2. The van der Waals surface area contributed by atoms with Crippen molar-refractivity contribution < 1.29 is 22.7 Å². The van der Waals surface area contributed by atoms with Gasteiger partial charge in [0.05, 0.1) is 35.3 Å². The van der Waals surface area contributed by atoms with Gasteiger partial charge in [-0.2, -0.15) is 0 Å². The van der Waals surface area contributed by atoms with Gasteiger partial charge in [0.25, 0.3) is 11.8 Å². The van der Waals surface area contributed by atoms with Gasteiger partial charge in [0.2, 0.25) is 0 Å². The number of hydrogen-bond donors (Lipinski definition) is 1. The molecule has 4 aliphatic rings. The van der Waals surface area contributed by atoms with E-state index in [1.165, 1.54) is 0 Å². The second-order valence-electron chi connectivity index (χ2n) is 15.5. The van der Waals surface area contributed by atoms with Crippen molar-refractivity contribution in [3.05, 3.63) is 101 Å². The van der Waals surface area contributed by atoms with Crippen molar-refractivity contribution in [1.29, 1.82) is 0 Å². The SMILES string of the molecule is COc1cc(C(=O)N2CC3CCC2[C@]3(N)S(=O)(=O)c2ccc(Br)cc2)cc2nc(-c3cc4cccnc4n3CC3CC3)n(C3CN(C(=O)c4ccncc4)C3)c12. The fourth-order valence-electron chi connectivity index (χ4n) is 9.17. The molecule has 2 amide bonds. The van der Waals surface area contributed by atoms with Crippen LogP contribution in [0, 0.1) is 11.8 Å². The summed E-state index contributed by atoms with van der Waals surface area (Å²) in [4.78, 5) is 44.1. The maximum atomic E-state index is 14.6. The standard InChI is InChI=1S/C41H39BrN8O5S/c1-55-34-19-27(40(52)49-21-28-6-11-35(49)41(28,43)56(53,54)31-9-7-29(42)8-10-31)17-32-36(34)50(30-22-47(23-30)39(51)25-12-15-44-16-13-25)38(46-32)33-18-26-3-2-14-45-37(26)48(33)20-24-4-5-24/h2-3,7-10,12-19,24,28,30,35H,4-6,11,20-23,43H2,1H3/t28?,35?,41-/m1/s1. The van der Waals surface area contributed by atoms with Crippen LogP contribution < -0.4 is 10.5 Å². The number of carbonyl (C=O) groups excluding carboxylic acids is 2.